The van der Waals surface area contributed by atoms with Gasteiger partial charge in [-0.25, -0.2) is 14.5 Å². The van der Waals surface area contributed by atoms with Crippen molar-refractivity contribution in [2.45, 2.75) is 6.92 Å². The van der Waals surface area contributed by atoms with Crippen molar-refractivity contribution in [3.8, 4) is 0 Å². The molecule has 0 atom stereocenters. The Bertz CT molecular complexity index is 421. The lowest BCUT2D eigenvalue weighted by atomic mass is 10.3. The van der Waals surface area contributed by atoms with Crippen LogP contribution in [0.25, 0.3) is 6.08 Å². The van der Waals surface area contributed by atoms with E-state index >= 15 is 0 Å². The van der Waals surface area contributed by atoms with E-state index < -0.39 is 11.9 Å². The summed E-state index contributed by atoms with van der Waals surface area (Å²) in [5.74, 6) is -1.33. The fourth-order valence-corrected chi connectivity index (χ4v) is 0.906. The Labute approximate surface area is 85.4 Å². The number of hydrogen-bond donors (Lipinski definition) is 2. The summed E-state index contributed by atoms with van der Waals surface area (Å²) < 4.78 is 1.39. The fourth-order valence-electron chi connectivity index (χ4n) is 0.906. The van der Waals surface area contributed by atoms with Crippen LogP contribution in [0.2, 0.25) is 0 Å². The van der Waals surface area contributed by atoms with Crippen molar-refractivity contribution in [2.24, 2.45) is 7.05 Å². The third-order valence-corrected chi connectivity index (χ3v) is 1.56. The second kappa shape index (κ2) is 4.36. The number of nitrogens with one attached hydrogen (secondary N) is 1. The van der Waals surface area contributed by atoms with E-state index in [1.807, 2.05) is 0 Å². The molecule has 1 rings (SSSR count). The van der Waals surface area contributed by atoms with E-state index in [0.29, 0.717) is 5.82 Å². The average Bonchev–Trinajstić information content (AvgIpc) is 2.50. The van der Waals surface area contributed by atoms with Crippen LogP contribution in [0.4, 0.5) is 0 Å². The Morgan fingerprint density at radius 2 is 2.27 bits per heavy atom. The number of nitrogens with zero attached hydrogens (tertiary/aromatic N) is 3. The van der Waals surface area contributed by atoms with E-state index in [9.17, 15) is 9.59 Å². The van der Waals surface area contributed by atoms with Gasteiger partial charge in [0.2, 0.25) is 5.91 Å². The Hall–Kier alpha value is -2.18. The van der Waals surface area contributed by atoms with Crippen LogP contribution in [0.3, 0.4) is 0 Å². The normalized spacial score (nSPS) is 11.2. The molecule has 0 fully saturated rings. The first-order valence-electron chi connectivity index (χ1n) is 4.07. The van der Waals surface area contributed by atoms with Gasteiger partial charge < -0.3 is 10.4 Å². The summed E-state index contributed by atoms with van der Waals surface area (Å²) in [6.07, 6.45) is 2.52. The van der Waals surface area contributed by atoms with Crippen LogP contribution in [0, 0.1) is 0 Å². The molecular weight excluding hydrogens is 200 g/mol. The summed E-state index contributed by atoms with van der Waals surface area (Å²) in [6, 6.07) is 0. The number of carboxylic acids is 1. The molecule has 1 aromatic heterocycles. The topological polar surface area (TPSA) is 97.1 Å². The fraction of sp³-hybridized carbons (Fsp3) is 0.250. The molecular formula is C8H10N4O3. The second-order valence-electron chi connectivity index (χ2n) is 2.79. The first kappa shape index (κ1) is 10.9. The molecule has 0 radical (unpaired) electrons. The highest BCUT2D eigenvalue weighted by Crippen LogP contribution is 2.00. The van der Waals surface area contributed by atoms with E-state index in [1.54, 1.807) is 7.05 Å². The number of carboxylic acid groups (broad SMARTS) is 1. The van der Waals surface area contributed by atoms with Gasteiger partial charge in [0.25, 0.3) is 0 Å². The maximum Gasteiger partial charge on any atom is 0.352 e. The van der Waals surface area contributed by atoms with E-state index in [0.717, 1.165) is 0 Å². The number of carbonyl (C=O) groups excluding carboxylic acids is 1. The molecule has 7 heteroatoms. The Morgan fingerprint density at radius 3 is 2.67 bits per heavy atom. The van der Waals surface area contributed by atoms with E-state index in [-0.39, 0.29) is 5.70 Å². The Balaban J connectivity index is 2.99. The van der Waals surface area contributed by atoms with Crippen LogP contribution in [0.15, 0.2) is 12.0 Å². The zero-order valence-electron chi connectivity index (χ0n) is 8.26. The molecule has 0 aliphatic carbocycles. The van der Waals surface area contributed by atoms with Crippen LogP contribution >= 0.6 is 0 Å². The zero-order valence-corrected chi connectivity index (χ0v) is 8.26. The molecule has 15 heavy (non-hydrogen) atoms. The Kier molecular flexibility index (Phi) is 3.17. The molecule has 0 saturated carbocycles. The highest BCUT2D eigenvalue weighted by Gasteiger charge is 2.10. The predicted octanol–water partition coefficient (Wildman–Crippen LogP) is -0.623. The average molecular weight is 210 g/mol. The molecule has 1 amide bonds. The lowest BCUT2D eigenvalue weighted by Gasteiger charge is -2.01. The van der Waals surface area contributed by atoms with Crippen molar-refractivity contribution in [3.05, 3.63) is 17.8 Å². The SMILES string of the molecule is CC(=O)N/C(=C\c1ncnn1C)C(=O)O. The molecule has 0 unspecified atom stereocenters. The number of aromatic nitrogens is 3. The lowest BCUT2D eigenvalue weighted by Crippen LogP contribution is -2.24. The van der Waals surface area contributed by atoms with Gasteiger partial charge in [0.15, 0.2) is 5.82 Å². The number of carbonyl (C=O) groups is 2. The second-order valence-corrected chi connectivity index (χ2v) is 2.79. The third kappa shape index (κ3) is 2.90. The molecule has 0 aliphatic rings. The minimum atomic E-state index is -1.23. The maximum absolute atomic E-state index is 10.7. The predicted molar refractivity (Wildman–Crippen MR) is 50.4 cm³/mol. The monoisotopic (exact) mass is 210 g/mol. The van der Waals surface area contributed by atoms with Gasteiger partial charge in [-0.2, -0.15) is 5.10 Å². The van der Waals surface area contributed by atoms with Gasteiger partial charge in [-0.3, -0.25) is 4.79 Å². The number of hydrogen-bond acceptors (Lipinski definition) is 4. The van der Waals surface area contributed by atoms with Gasteiger partial charge in [-0.05, 0) is 0 Å². The van der Waals surface area contributed by atoms with Crippen LogP contribution in [-0.4, -0.2) is 31.7 Å². The van der Waals surface area contributed by atoms with Gasteiger partial charge in [-0.1, -0.05) is 0 Å². The largest absolute Gasteiger partial charge is 0.477 e. The summed E-state index contributed by atoms with van der Waals surface area (Å²) in [7, 11) is 1.62. The van der Waals surface area contributed by atoms with Crippen LogP contribution in [0.1, 0.15) is 12.7 Å². The lowest BCUT2D eigenvalue weighted by molar-refractivity contribution is -0.134. The van der Waals surface area contributed by atoms with Gasteiger partial charge in [0.05, 0.1) is 0 Å². The van der Waals surface area contributed by atoms with Crippen LogP contribution in [-0.2, 0) is 16.6 Å². The highest BCUT2D eigenvalue weighted by molar-refractivity contribution is 5.95. The van der Waals surface area contributed by atoms with Gasteiger partial charge in [0, 0.05) is 20.0 Å². The first-order chi connectivity index (χ1) is 7.00. The van der Waals surface area contributed by atoms with Gasteiger partial charge in [-0.15, -0.1) is 0 Å². The molecule has 0 aromatic carbocycles. The quantitative estimate of drug-likeness (QED) is 0.648. The number of aliphatic carboxylic acids is 1. The summed E-state index contributed by atoms with van der Waals surface area (Å²) in [5.41, 5.74) is -0.237. The molecule has 80 valence electrons. The number of aryl methyl sites for hydroxylation is 1. The smallest absolute Gasteiger partial charge is 0.352 e. The van der Waals surface area contributed by atoms with Crippen molar-refractivity contribution in [1.29, 1.82) is 0 Å². The van der Waals surface area contributed by atoms with Gasteiger partial charge in [0.1, 0.15) is 12.0 Å². The van der Waals surface area contributed by atoms with Crippen molar-refractivity contribution in [2.75, 3.05) is 0 Å². The highest BCUT2D eigenvalue weighted by atomic mass is 16.4. The molecule has 2 N–H and O–H groups in total. The first-order valence-corrected chi connectivity index (χ1v) is 4.07. The van der Waals surface area contributed by atoms with Crippen LogP contribution < -0.4 is 5.32 Å². The summed E-state index contributed by atoms with van der Waals surface area (Å²) in [6.45, 7) is 1.23. The molecule has 1 heterocycles. The summed E-state index contributed by atoms with van der Waals surface area (Å²) in [4.78, 5) is 25.3. The van der Waals surface area contributed by atoms with E-state index in [2.05, 4.69) is 15.4 Å². The van der Waals surface area contributed by atoms with Gasteiger partial charge >= 0.3 is 5.97 Å². The zero-order chi connectivity index (χ0) is 11.4. The molecule has 0 saturated heterocycles. The summed E-state index contributed by atoms with van der Waals surface area (Å²) >= 11 is 0. The third-order valence-electron chi connectivity index (χ3n) is 1.56. The molecule has 7 nitrogen and oxygen atoms in total. The van der Waals surface area contributed by atoms with E-state index in [4.69, 9.17) is 5.11 Å². The summed E-state index contributed by atoms with van der Waals surface area (Å²) in [5, 5.41) is 14.7. The van der Waals surface area contributed by atoms with Crippen molar-refractivity contribution < 1.29 is 14.7 Å². The van der Waals surface area contributed by atoms with E-state index in [1.165, 1.54) is 24.0 Å². The van der Waals surface area contributed by atoms with Crippen molar-refractivity contribution in [3.63, 3.8) is 0 Å². The van der Waals surface area contributed by atoms with Crippen molar-refractivity contribution in [1.82, 2.24) is 20.1 Å². The number of amides is 1. The van der Waals surface area contributed by atoms with Crippen molar-refractivity contribution >= 4 is 18.0 Å². The van der Waals surface area contributed by atoms with Crippen LogP contribution in [0.5, 0.6) is 0 Å². The minimum Gasteiger partial charge on any atom is -0.477 e. The number of rotatable bonds is 3. The molecule has 1 aromatic rings. The Morgan fingerprint density at radius 1 is 1.60 bits per heavy atom. The maximum atomic E-state index is 10.7. The molecule has 0 bridgehead atoms. The standard InChI is InChI=1S/C8H10N4O3/c1-5(13)11-6(8(14)15)3-7-9-4-10-12(7)2/h3-4H,1-2H3,(H,11,13)(H,14,15)/b6-3-. The molecule has 0 spiro atoms. The molecule has 0 aliphatic heterocycles. The minimum absolute atomic E-state index is 0.237.